The number of unbranched alkanes of at least 4 members (excludes halogenated alkanes) is 1. The van der Waals surface area contributed by atoms with Gasteiger partial charge in [-0.05, 0) is 81.7 Å². The molecule has 1 unspecified atom stereocenters. The second kappa shape index (κ2) is 13.5. The number of hydrogen-bond donors (Lipinski definition) is 1. The van der Waals surface area contributed by atoms with Crippen LogP contribution < -0.4 is 5.32 Å². The molecule has 0 bridgehead atoms. The Morgan fingerprint density at radius 2 is 1.87 bits per heavy atom. The van der Waals surface area contributed by atoms with Crippen molar-refractivity contribution in [2.45, 2.75) is 73.6 Å². The molecule has 0 heterocycles. The summed E-state index contributed by atoms with van der Waals surface area (Å²) in [5.41, 5.74) is 7.41. The lowest BCUT2D eigenvalue weighted by Gasteiger charge is -2.23. The van der Waals surface area contributed by atoms with Gasteiger partial charge in [0, 0.05) is 11.4 Å². The van der Waals surface area contributed by atoms with Gasteiger partial charge in [0.25, 0.3) is 0 Å². The zero-order valence-electron chi connectivity index (χ0n) is 20.0. The van der Waals surface area contributed by atoms with Gasteiger partial charge in [-0.2, -0.15) is 0 Å². The standard InChI is InChI=1S/C26H40FN2P/c1-9-13-14-21(11-3)17-22-18-23(27)15-16-24(22)29-26(30(8)12-4)25(19(5)6)28-20(7)10-2/h14-16,18,29H,5,9-13,17H2,1-4,6-8H3/b21-14+,26-25+,28-20+. The average molecular weight is 431 g/mol. The third-order valence-corrected chi connectivity index (χ3v) is 7.25. The highest BCUT2D eigenvalue weighted by Crippen LogP contribution is 2.44. The number of aliphatic imine (C=N–C) groups is 1. The molecule has 4 heteroatoms. The molecule has 0 aliphatic carbocycles. The lowest BCUT2D eigenvalue weighted by Crippen LogP contribution is -2.08. The van der Waals surface area contributed by atoms with Crippen LogP contribution in [0.15, 0.2) is 58.1 Å². The molecule has 1 rings (SSSR count). The predicted molar refractivity (Wildman–Crippen MR) is 136 cm³/mol. The fourth-order valence-electron chi connectivity index (χ4n) is 3.01. The first-order valence-electron chi connectivity index (χ1n) is 11.2. The second-order valence-electron chi connectivity index (χ2n) is 7.80. The maximum atomic E-state index is 14.1. The first-order chi connectivity index (χ1) is 14.3. The van der Waals surface area contributed by atoms with Crippen LogP contribution in [-0.4, -0.2) is 18.5 Å². The van der Waals surface area contributed by atoms with E-state index in [1.165, 1.54) is 11.6 Å². The van der Waals surface area contributed by atoms with Crippen molar-refractivity contribution in [3.8, 4) is 0 Å². The predicted octanol–water partition coefficient (Wildman–Crippen LogP) is 8.66. The molecule has 0 aromatic heterocycles. The van der Waals surface area contributed by atoms with E-state index in [2.05, 4.69) is 59.3 Å². The molecule has 0 aliphatic heterocycles. The van der Waals surface area contributed by atoms with Gasteiger partial charge in [0.2, 0.25) is 0 Å². The van der Waals surface area contributed by atoms with Crippen LogP contribution in [-0.2, 0) is 6.42 Å². The number of allylic oxidation sites excluding steroid dienone is 3. The summed E-state index contributed by atoms with van der Waals surface area (Å²) in [6.45, 7) is 19.2. The van der Waals surface area contributed by atoms with Crippen molar-refractivity contribution in [1.82, 2.24) is 0 Å². The molecule has 1 N–H and O–H groups in total. The van der Waals surface area contributed by atoms with E-state index >= 15 is 0 Å². The van der Waals surface area contributed by atoms with Gasteiger partial charge in [0.1, 0.15) is 5.82 Å². The van der Waals surface area contributed by atoms with Crippen LogP contribution in [0.2, 0.25) is 0 Å². The summed E-state index contributed by atoms with van der Waals surface area (Å²) in [6.07, 6.45) is 8.18. The summed E-state index contributed by atoms with van der Waals surface area (Å²) in [7, 11) is -0.434. The number of nitrogens with one attached hydrogen (secondary N) is 1. The van der Waals surface area contributed by atoms with Gasteiger partial charge >= 0.3 is 0 Å². The molecular formula is C26H40FN2P. The van der Waals surface area contributed by atoms with Gasteiger partial charge in [0.15, 0.2) is 0 Å². The SMILES string of the molecule is C=C(C)C(/N=C(\C)CC)=C(/Nc1ccc(F)cc1C/C(=C/CCC)CC)P(C)CC. The fraction of sp³-hybridized carbons (Fsp3) is 0.500. The molecule has 0 spiro atoms. The summed E-state index contributed by atoms with van der Waals surface area (Å²) < 4.78 is 14.1. The maximum absolute atomic E-state index is 14.1. The number of anilines is 1. The molecular weight excluding hydrogens is 390 g/mol. The topological polar surface area (TPSA) is 24.4 Å². The van der Waals surface area contributed by atoms with Crippen LogP contribution in [0.5, 0.6) is 0 Å². The lowest BCUT2D eigenvalue weighted by atomic mass is 10.00. The average Bonchev–Trinajstić information content (AvgIpc) is 2.73. The third-order valence-electron chi connectivity index (χ3n) is 5.21. The molecule has 0 saturated carbocycles. The monoisotopic (exact) mass is 430 g/mol. The van der Waals surface area contributed by atoms with Crippen LogP contribution >= 0.6 is 7.92 Å². The van der Waals surface area contributed by atoms with Crippen molar-refractivity contribution in [1.29, 1.82) is 0 Å². The van der Waals surface area contributed by atoms with Gasteiger partial charge in [-0.1, -0.05) is 60.3 Å². The molecule has 0 radical (unpaired) electrons. The Balaban J connectivity index is 3.50. The van der Waals surface area contributed by atoms with E-state index in [4.69, 9.17) is 4.99 Å². The number of halogens is 1. The van der Waals surface area contributed by atoms with Gasteiger partial charge < -0.3 is 5.32 Å². The van der Waals surface area contributed by atoms with Crippen molar-refractivity contribution in [2.24, 2.45) is 4.99 Å². The molecule has 1 aromatic carbocycles. The highest BCUT2D eigenvalue weighted by molar-refractivity contribution is 7.61. The summed E-state index contributed by atoms with van der Waals surface area (Å²) in [5.74, 6) is -0.193. The van der Waals surface area contributed by atoms with E-state index in [0.717, 1.165) is 71.9 Å². The number of nitrogens with zero attached hydrogens (tertiary/aromatic N) is 1. The minimum Gasteiger partial charge on any atom is -0.353 e. The Morgan fingerprint density at radius 1 is 1.17 bits per heavy atom. The molecule has 0 amide bonds. The maximum Gasteiger partial charge on any atom is 0.123 e. The smallest absolute Gasteiger partial charge is 0.123 e. The van der Waals surface area contributed by atoms with Crippen LogP contribution in [0.25, 0.3) is 0 Å². The molecule has 0 aliphatic rings. The van der Waals surface area contributed by atoms with E-state index in [1.807, 2.05) is 13.0 Å². The lowest BCUT2D eigenvalue weighted by molar-refractivity contribution is 0.626. The summed E-state index contributed by atoms with van der Waals surface area (Å²) in [5, 5.41) is 3.67. The van der Waals surface area contributed by atoms with Gasteiger partial charge in [0.05, 0.1) is 11.1 Å². The number of rotatable bonds is 12. The van der Waals surface area contributed by atoms with E-state index in [0.29, 0.717) is 0 Å². The van der Waals surface area contributed by atoms with Gasteiger partial charge in [-0.3, -0.25) is 4.99 Å². The van der Waals surface area contributed by atoms with Crippen LogP contribution in [0.4, 0.5) is 10.1 Å². The number of benzene rings is 1. The molecule has 30 heavy (non-hydrogen) atoms. The molecule has 0 fully saturated rings. The molecule has 166 valence electrons. The summed E-state index contributed by atoms with van der Waals surface area (Å²) in [6, 6.07) is 5.07. The van der Waals surface area contributed by atoms with E-state index in [-0.39, 0.29) is 5.82 Å². The third kappa shape index (κ3) is 8.19. The van der Waals surface area contributed by atoms with Gasteiger partial charge in [-0.15, -0.1) is 0 Å². The Kier molecular flexibility index (Phi) is 11.9. The molecule has 1 atom stereocenters. The van der Waals surface area contributed by atoms with Crippen molar-refractivity contribution in [3.63, 3.8) is 0 Å². The highest BCUT2D eigenvalue weighted by Gasteiger charge is 2.16. The highest BCUT2D eigenvalue weighted by atomic mass is 31.1. The summed E-state index contributed by atoms with van der Waals surface area (Å²) >= 11 is 0. The van der Waals surface area contributed by atoms with Crippen molar-refractivity contribution in [3.05, 3.63) is 64.5 Å². The Bertz CT molecular complexity index is 805. The normalized spacial score (nSPS) is 14.4. The minimum absolute atomic E-state index is 0.193. The van der Waals surface area contributed by atoms with Crippen molar-refractivity contribution < 1.29 is 4.39 Å². The molecule has 1 aromatic rings. The first-order valence-corrected chi connectivity index (χ1v) is 13.1. The van der Waals surface area contributed by atoms with E-state index < -0.39 is 7.92 Å². The van der Waals surface area contributed by atoms with Gasteiger partial charge in [-0.25, -0.2) is 4.39 Å². The molecule has 0 saturated heterocycles. The zero-order chi connectivity index (χ0) is 22.7. The van der Waals surface area contributed by atoms with E-state index in [1.54, 1.807) is 6.07 Å². The Labute approximate surface area is 185 Å². The quantitative estimate of drug-likeness (QED) is 0.152. The first kappa shape index (κ1) is 26.3. The largest absolute Gasteiger partial charge is 0.353 e. The van der Waals surface area contributed by atoms with Crippen LogP contribution in [0.1, 0.15) is 72.8 Å². The van der Waals surface area contributed by atoms with Crippen LogP contribution in [0, 0.1) is 5.82 Å². The molecule has 2 nitrogen and oxygen atoms in total. The van der Waals surface area contributed by atoms with Crippen molar-refractivity contribution in [2.75, 3.05) is 18.1 Å². The Hall–Kier alpha value is -1.73. The second-order valence-corrected chi connectivity index (χ2v) is 10.3. The van der Waals surface area contributed by atoms with Crippen LogP contribution in [0.3, 0.4) is 0 Å². The minimum atomic E-state index is -0.434. The zero-order valence-corrected chi connectivity index (χ0v) is 20.9. The summed E-state index contributed by atoms with van der Waals surface area (Å²) in [4.78, 5) is 4.89. The van der Waals surface area contributed by atoms with Crippen molar-refractivity contribution >= 4 is 19.3 Å². The Morgan fingerprint density at radius 3 is 2.40 bits per heavy atom. The number of hydrogen-bond acceptors (Lipinski definition) is 2. The fourth-order valence-corrected chi connectivity index (χ4v) is 4.24. The van der Waals surface area contributed by atoms with E-state index in [9.17, 15) is 4.39 Å².